The number of non-ortho nitro benzene ring substituents is 1. The minimum absolute atomic E-state index is 0.0974. The molecule has 3 rings (SSSR count). The zero-order valence-corrected chi connectivity index (χ0v) is 16.7. The minimum Gasteiger partial charge on any atom is -0.465 e. The topological polar surface area (TPSA) is 116 Å². The number of nitro benzene ring substituents is 1. The lowest BCUT2D eigenvalue weighted by Crippen LogP contribution is -2.43. The lowest BCUT2D eigenvalue weighted by atomic mass is 10.1. The monoisotopic (exact) mass is 412 g/mol. The first-order valence-corrected chi connectivity index (χ1v) is 9.22. The number of carbonyl (C=O) groups is 3. The molecule has 156 valence electrons. The maximum atomic E-state index is 12.9. The molecule has 0 saturated carbocycles. The normalized spacial score (nSPS) is 15.8. The van der Waals surface area contributed by atoms with Crippen molar-refractivity contribution in [3.05, 3.63) is 69.3 Å². The molecule has 0 saturated heterocycles. The van der Waals surface area contributed by atoms with Crippen molar-refractivity contribution in [1.29, 1.82) is 0 Å². The van der Waals surface area contributed by atoms with Gasteiger partial charge in [-0.25, -0.2) is 9.59 Å². The molecule has 0 unspecified atom stereocenters. The number of para-hydroxylation sites is 1. The van der Waals surface area contributed by atoms with Crippen molar-refractivity contribution in [3.8, 4) is 0 Å². The van der Waals surface area contributed by atoms with Crippen molar-refractivity contribution in [1.82, 2.24) is 0 Å². The fraction of sp³-hybridized carbons (Fsp3) is 0.286. The van der Waals surface area contributed by atoms with Gasteiger partial charge in [-0.05, 0) is 38.0 Å². The van der Waals surface area contributed by atoms with E-state index >= 15 is 0 Å². The molecule has 2 aromatic carbocycles. The Morgan fingerprint density at radius 1 is 1.13 bits per heavy atom. The summed E-state index contributed by atoms with van der Waals surface area (Å²) < 4.78 is 9.84. The van der Waals surface area contributed by atoms with E-state index in [0.717, 1.165) is 36.6 Å². The van der Waals surface area contributed by atoms with E-state index in [1.807, 2.05) is 31.2 Å². The summed E-state index contributed by atoms with van der Waals surface area (Å²) >= 11 is 0. The van der Waals surface area contributed by atoms with Gasteiger partial charge in [0, 0.05) is 23.9 Å². The standard InChI is InChI=1S/C21H20N2O7/c1-12-8-14-6-4-5-7-18(14)22(12)19(24)13(2)30-21(26)16-9-15(20(25)29-3)10-17(11-16)23(27)28/h4-7,9-13H,8H2,1-3H3/t12-,13-/m1/s1. The number of fused-ring (bicyclic) bond motifs is 1. The maximum absolute atomic E-state index is 12.9. The van der Waals surface area contributed by atoms with Gasteiger partial charge in [-0.2, -0.15) is 0 Å². The molecule has 0 aromatic heterocycles. The predicted octanol–water partition coefficient (Wildman–Crippen LogP) is 2.90. The number of benzene rings is 2. The van der Waals surface area contributed by atoms with Crippen LogP contribution < -0.4 is 4.90 Å². The first kappa shape index (κ1) is 21.0. The summed E-state index contributed by atoms with van der Waals surface area (Å²) in [5.41, 5.74) is 0.935. The molecule has 0 aliphatic carbocycles. The highest BCUT2D eigenvalue weighted by Gasteiger charge is 2.34. The Morgan fingerprint density at radius 2 is 1.77 bits per heavy atom. The van der Waals surface area contributed by atoms with Gasteiger partial charge in [0.25, 0.3) is 11.6 Å². The molecule has 0 fully saturated rings. The third-order valence-corrected chi connectivity index (χ3v) is 4.86. The van der Waals surface area contributed by atoms with Crippen LogP contribution in [0.4, 0.5) is 11.4 Å². The number of rotatable bonds is 5. The van der Waals surface area contributed by atoms with Crippen LogP contribution in [0.5, 0.6) is 0 Å². The Hall–Kier alpha value is -3.75. The van der Waals surface area contributed by atoms with Crippen molar-refractivity contribution in [2.45, 2.75) is 32.4 Å². The second kappa shape index (κ2) is 8.32. The summed E-state index contributed by atoms with van der Waals surface area (Å²) in [5.74, 6) is -2.19. The Labute approximate surface area is 172 Å². The van der Waals surface area contributed by atoms with Crippen LogP contribution >= 0.6 is 0 Å². The summed E-state index contributed by atoms with van der Waals surface area (Å²) in [7, 11) is 1.12. The average Bonchev–Trinajstić information content (AvgIpc) is 3.07. The van der Waals surface area contributed by atoms with Gasteiger partial charge in [0.2, 0.25) is 0 Å². The first-order valence-electron chi connectivity index (χ1n) is 9.22. The number of carbonyl (C=O) groups excluding carboxylic acids is 3. The van der Waals surface area contributed by atoms with Crippen molar-refractivity contribution in [3.63, 3.8) is 0 Å². The maximum Gasteiger partial charge on any atom is 0.339 e. The molecule has 30 heavy (non-hydrogen) atoms. The molecule has 0 bridgehead atoms. The SMILES string of the molecule is COC(=O)c1cc(C(=O)O[C@H](C)C(=O)N2c3ccccc3C[C@H]2C)cc([N+](=O)[O-])c1. The highest BCUT2D eigenvalue weighted by Crippen LogP contribution is 2.32. The van der Waals surface area contributed by atoms with Crippen LogP contribution in [0.25, 0.3) is 0 Å². The van der Waals surface area contributed by atoms with E-state index in [9.17, 15) is 24.5 Å². The van der Waals surface area contributed by atoms with Crippen LogP contribution in [0.1, 0.15) is 40.1 Å². The quantitative estimate of drug-likeness (QED) is 0.421. The van der Waals surface area contributed by atoms with Gasteiger partial charge < -0.3 is 14.4 Å². The van der Waals surface area contributed by atoms with E-state index in [2.05, 4.69) is 4.74 Å². The molecule has 0 N–H and O–H groups in total. The van der Waals surface area contributed by atoms with Crippen molar-refractivity contribution >= 4 is 29.2 Å². The molecule has 1 heterocycles. The Bertz CT molecular complexity index is 1030. The minimum atomic E-state index is -1.13. The zero-order valence-electron chi connectivity index (χ0n) is 16.7. The fourth-order valence-electron chi connectivity index (χ4n) is 3.45. The molecule has 1 amide bonds. The largest absolute Gasteiger partial charge is 0.465 e. The van der Waals surface area contributed by atoms with E-state index in [1.54, 1.807) is 4.90 Å². The second-order valence-electron chi connectivity index (χ2n) is 6.95. The van der Waals surface area contributed by atoms with E-state index in [-0.39, 0.29) is 17.2 Å². The lowest BCUT2D eigenvalue weighted by molar-refractivity contribution is -0.384. The molecule has 1 aliphatic rings. The number of hydrogen-bond donors (Lipinski definition) is 0. The number of amides is 1. The van der Waals surface area contributed by atoms with Gasteiger partial charge in [0.05, 0.1) is 23.2 Å². The Morgan fingerprint density at radius 3 is 2.40 bits per heavy atom. The smallest absolute Gasteiger partial charge is 0.339 e. The highest BCUT2D eigenvalue weighted by atomic mass is 16.6. The first-order chi connectivity index (χ1) is 14.2. The third kappa shape index (κ3) is 4.00. The fourth-order valence-corrected chi connectivity index (χ4v) is 3.45. The summed E-state index contributed by atoms with van der Waals surface area (Å²) in [6, 6.07) is 10.5. The molecule has 1 aliphatic heterocycles. The zero-order chi connectivity index (χ0) is 22.0. The van der Waals surface area contributed by atoms with Crippen LogP contribution in [0.2, 0.25) is 0 Å². The number of ether oxygens (including phenoxy) is 2. The van der Waals surface area contributed by atoms with Crippen LogP contribution in [0.3, 0.4) is 0 Å². The van der Waals surface area contributed by atoms with Crippen LogP contribution in [-0.2, 0) is 20.7 Å². The molecule has 0 spiro atoms. The van der Waals surface area contributed by atoms with Crippen LogP contribution in [-0.4, -0.2) is 42.0 Å². The predicted molar refractivity (Wildman–Crippen MR) is 106 cm³/mol. The highest BCUT2D eigenvalue weighted by molar-refractivity contribution is 6.01. The number of nitro groups is 1. The summed E-state index contributed by atoms with van der Waals surface area (Å²) in [6.07, 6.45) is -0.442. The molecular formula is C21H20N2O7. The molecule has 0 radical (unpaired) electrons. The van der Waals surface area contributed by atoms with E-state index in [4.69, 9.17) is 4.74 Å². The summed E-state index contributed by atoms with van der Waals surface area (Å²) in [5, 5.41) is 11.1. The lowest BCUT2D eigenvalue weighted by Gasteiger charge is -2.26. The molecule has 9 heteroatoms. The van der Waals surface area contributed by atoms with E-state index in [1.165, 1.54) is 6.92 Å². The molecule has 9 nitrogen and oxygen atoms in total. The van der Waals surface area contributed by atoms with Gasteiger partial charge in [0.15, 0.2) is 6.10 Å². The van der Waals surface area contributed by atoms with Crippen LogP contribution in [0, 0.1) is 10.1 Å². The van der Waals surface area contributed by atoms with E-state index < -0.39 is 34.6 Å². The average molecular weight is 412 g/mol. The van der Waals surface area contributed by atoms with E-state index in [0.29, 0.717) is 6.42 Å². The number of hydrogen-bond acceptors (Lipinski definition) is 7. The van der Waals surface area contributed by atoms with Crippen LogP contribution in [0.15, 0.2) is 42.5 Å². The Balaban J connectivity index is 1.82. The second-order valence-corrected chi connectivity index (χ2v) is 6.95. The molecule has 2 atom stereocenters. The van der Waals surface area contributed by atoms with Crippen molar-refractivity contribution in [2.75, 3.05) is 12.0 Å². The third-order valence-electron chi connectivity index (χ3n) is 4.86. The van der Waals surface area contributed by atoms with Gasteiger partial charge in [-0.15, -0.1) is 0 Å². The van der Waals surface area contributed by atoms with Crippen molar-refractivity contribution in [2.24, 2.45) is 0 Å². The number of anilines is 1. The summed E-state index contributed by atoms with van der Waals surface area (Å²) in [4.78, 5) is 49.3. The Kier molecular flexibility index (Phi) is 5.81. The van der Waals surface area contributed by atoms with Gasteiger partial charge in [-0.1, -0.05) is 18.2 Å². The number of nitrogens with zero attached hydrogens (tertiary/aromatic N) is 2. The van der Waals surface area contributed by atoms with Gasteiger partial charge in [0.1, 0.15) is 0 Å². The van der Waals surface area contributed by atoms with Crippen molar-refractivity contribution < 1.29 is 28.8 Å². The number of methoxy groups -OCH3 is 1. The van der Waals surface area contributed by atoms with Gasteiger partial charge >= 0.3 is 11.9 Å². The molecular weight excluding hydrogens is 392 g/mol. The molecule has 2 aromatic rings. The number of esters is 2. The summed E-state index contributed by atoms with van der Waals surface area (Å²) in [6.45, 7) is 3.34. The van der Waals surface area contributed by atoms with Gasteiger partial charge in [-0.3, -0.25) is 14.9 Å².